The monoisotopic (exact) mass is 439 g/mol. The molecule has 0 spiro atoms. The molecule has 0 saturated carbocycles. The van der Waals surface area contributed by atoms with E-state index in [2.05, 4.69) is 18.2 Å². The van der Waals surface area contributed by atoms with Gasteiger partial charge in [0.05, 0.1) is 31.8 Å². The number of methoxy groups -OCH3 is 1. The highest BCUT2D eigenvalue weighted by molar-refractivity contribution is 5.71. The standard InChI is InChI=1S/C28H25NO4/c1-31-28(30)14-20-17-32-27-15-21(8-10-22(20)27)33-26-12-11-23-24(26)9-7-19(16-29)25(23)13-18-5-3-2-4-6-18/h2-10,15,20,26H,11-14,17H2,1H3/t20-,26-/m1/s1. The van der Waals surface area contributed by atoms with Crippen molar-refractivity contribution in [1.82, 2.24) is 0 Å². The highest BCUT2D eigenvalue weighted by Crippen LogP contribution is 2.42. The molecule has 5 rings (SSSR count). The van der Waals surface area contributed by atoms with Crippen LogP contribution in [-0.2, 0) is 22.4 Å². The summed E-state index contributed by atoms with van der Waals surface area (Å²) < 4.78 is 17.0. The molecule has 166 valence electrons. The quantitative estimate of drug-likeness (QED) is 0.491. The van der Waals surface area contributed by atoms with Gasteiger partial charge in [-0.3, -0.25) is 4.79 Å². The summed E-state index contributed by atoms with van der Waals surface area (Å²) in [6.45, 7) is 0.472. The van der Waals surface area contributed by atoms with Crippen molar-refractivity contribution in [3.8, 4) is 17.6 Å². The first-order valence-corrected chi connectivity index (χ1v) is 11.2. The van der Waals surface area contributed by atoms with Gasteiger partial charge >= 0.3 is 5.97 Å². The van der Waals surface area contributed by atoms with Crippen LogP contribution in [0.2, 0.25) is 0 Å². The zero-order valence-electron chi connectivity index (χ0n) is 18.5. The largest absolute Gasteiger partial charge is 0.492 e. The molecule has 1 heterocycles. The van der Waals surface area contributed by atoms with Gasteiger partial charge in [-0.25, -0.2) is 0 Å². The summed E-state index contributed by atoms with van der Waals surface area (Å²) in [5.41, 5.74) is 6.45. The number of nitriles is 1. The summed E-state index contributed by atoms with van der Waals surface area (Å²) in [5.74, 6) is 1.30. The van der Waals surface area contributed by atoms with Crippen molar-refractivity contribution < 1.29 is 19.0 Å². The Morgan fingerprint density at radius 1 is 1.12 bits per heavy atom. The lowest BCUT2D eigenvalue weighted by Crippen LogP contribution is -2.09. The smallest absolute Gasteiger partial charge is 0.306 e. The first-order valence-electron chi connectivity index (χ1n) is 11.2. The van der Waals surface area contributed by atoms with Crippen LogP contribution in [0.5, 0.6) is 11.5 Å². The Bertz CT molecular complexity index is 1230. The molecule has 0 amide bonds. The van der Waals surface area contributed by atoms with Crippen molar-refractivity contribution in [3.63, 3.8) is 0 Å². The number of fused-ring (bicyclic) bond motifs is 2. The summed E-state index contributed by atoms with van der Waals surface area (Å²) in [6.07, 6.45) is 2.75. The third-order valence-corrected chi connectivity index (χ3v) is 6.60. The second-order valence-electron chi connectivity index (χ2n) is 8.57. The second-order valence-corrected chi connectivity index (χ2v) is 8.57. The third kappa shape index (κ3) is 4.17. The van der Waals surface area contributed by atoms with Gasteiger partial charge in [0, 0.05) is 17.5 Å². The van der Waals surface area contributed by atoms with Crippen LogP contribution in [0.4, 0.5) is 0 Å². The Morgan fingerprint density at radius 3 is 2.73 bits per heavy atom. The molecule has 33 heavy (non-hydrogen) atoms. The van der Waals surface area contributed by atoms with E-state index < -0.39 is 0 Å². The third-order valence-electron chi connectivity index (χ3n) is 6.60. The van der Waals surface area contributed by atoms with E-state index in [0.29, 0.717) is 13.0 Å². The number of nitrogens with zero attached hydrogens (tertiary/aromatic N) is 1. The molecule has 2 aliphatic rings. The average Bonchev–Trinajstić information content (AvgIpc) is 3.44. The molecule has 1 aliphatic carbocycles. The molecule has 5 nitrogen and oxygen atoms in total. The molecule has 2 atom stereocenters. The van der Waals surface area contributed by atoms with Crippen LogP contribution in [0, 0.1) is 11.3 Å². The number of benzene rings is 3. The minimum absolute atomic E-state index is 0.0126. The van der Waals surface area contributed by atoms with E-state index in [9.17, 15) is 10.1 Å². The Labute approximate surface area is 193 Å². The Morgan fingerprint density at radius 2 is 1.94 bits per heavy atom. The maximum absolute atomic E-state index is 11.7. The summed E-state index contributed by atoms with van der Waals surface area (Å²) in [7, 11) is 1.40. The molecule has 0 N–H and O–H groups in total. The molecule has 0 fully saturated rings. The summed E-state index contributed by atoms with van der Waals surface area (Å²) in [6, 6.07) is 22.4. The van der Waals surface area contributed by atoms with Gasteiger partial charge in [-0.05, 0) is 53.6 Å². The van der Waals surface area contributed by atoms with Crippen LogP contribution in [0.25, 0.3) is 0 Å². The number of hydrogen-bond acceptors (Lipinski definition) is 5. The molecular weight excluding hydrogens is 414 g/mol. The van der Waals surface area contributed by atoms with Crippen LogP contribution < -0.4 is 9.47 Å². The number of carbonyl (C=O) groups excluding carboxylic acids is 1. The van der Waals surface area contributed by atoms with E-state index >= 15 is 0 Å². The van der Waals surface area contributed by atoms with E-state index in [4.69, 9.17) is 14.2 Å². The van der Waals surface area contributed by atoms with Crippen LogP contribution in [0.1, 0.15) is 58.2 Å². The van der Waals surface area contributed by atoms with E-state index in [1.165, 1.54) is 18.2 Å². The molecule has 0 bridgehead atoms. The van der Waals surface area contributed by atoms with Gasteiger partial charge in [0.1, 0.15) is 17.6 Å². The zero-order valence-corrected chi connectivity index (χ0v) is 18.5. The number of rotatable bonds is 6. The van der Waals surface area contributed by atoms with Gasteiger partial charge < -0.3 is 14.2 Å². The number of hydrogen-bond donors (Lipinski definition) is 0. The van der Waals surface area contributed by atoms with Crippen LogP contribution in [0.3, 0.4) is 0 Å². The van der Waals surface area contributed by atoms with Crippen LogP contribution in [-0.4, -0.2) is 19.7 Å². The summed E-state index contributed by atoms with van der Waals surface area (Å²) >= 11 is 0. The van der Waals surface area contributed by atoms with E-state index in [0.717, 1.165) is 53.0 Å². The van der Waals surface area contributed by atoms with Crippen molar-refractivity contribution in [3.05, 3.63) is 94.0 Å². The molecule has 0 aromatic heterocycles. The highest BCUT2D eigenvalue weighted by atomic mass is 16.5. The molecule has 5 heteroatoms. The molecular formula is C28H25NO4. The lowest BCUT2D eigenvalue weighted by molar-refractivity contribution is -0.141. The first-order chi connectivity index (χ1) is 16.2. The fourth-order valence-corrected chi connectivity index (χ4v) is 4.92. The van der Waals surface area contributed by atoms with Gasteiger partial charge in [0.15, 0.2) is 0 Å². The first kappa shape index (κ1) is 21.1. The Balaban J connectivity index is 1.37. The van der Waals surface area contributed by atoms with Crippen molar-refractivity contribution in [2.45, 2.75) is 37.7 Å². The minimum atomic E-state index is -0.234. The van der Waals surface area contributed by atoms with Crippen LogP contribution >= 0.6 is 0 Å². The highest BCUT2D eigenvalue weighted by Gasteiger charge is 2.30. The molecule has 3 aromatic rings. The zero-order chi connectivity index (χ0) is 22.8. The van der Waals surface area contributed by atoms with Gasteiger partial charge in [-0.15, -0.1) is 0 Å². The molecule has 0 radical (unpaired) electrons. The van der Waals surface area contributed by atoms with Crippen molar-refractivity contribution in [2.24, 2.45) is 0 Å². The fourth-order valence-electron chi connectivity index (χ4n) is 4.92. The average molecular weight is 440 g/mol. The predicted molar refractivity (Wildman–Crippen MR) is 123 cm³/mol. The van der Waals surface area contributed by atoms with Gasteiger partial charge in [-0.2, -0.15) is 5.26 Å². The summed E-state index contributed by atoms with van der Waals surface area (Å²) in [4.78, 5) is 11.7. The second kappa shape index (κ2) is 8.99. The van der Waals surface area contributed by atoms with E-state index in [-0.39, 0.29) is 18.0 Å². The van der Waals surface area contributed by atoms with E-state index in [1.54, 1.807) is 0 Å². The number of ether oxygens (including phenoxy) is 3. The SMILES string of the molecule is COC(=O)C[C@@H]1COc2cc(O[C@@H]3CCc4c3ccc(C#N)c4Cc3ccccc3)ccc21. The Hall–Kier alpha value is -3.78. The van der Waals surface area contributed by atoms with Crippen LogP contribution in [0.15, 0.2) is 60.7 Å². The lowest BCUT2D eigenvalue weighted by Gasteiger charge is -2.17. The topological polar surface area (TPSA) is 68.6 Å². The Kier molecular flexibility index (Phi) is 5.75. The van der Waals surface area contributed by atoms with Crippen molar-refractivity contribution in [1.29, 1.82) is 5.26 Å². The van der Waals surface area contributed by atoms with Gasteiger partial charge in [0.2, 0.25) is 0 Å². The predicted octanol–water partition coefficient (Wildman–Crippen LogP) is 5.25. The summed E-state index contributed by atoms with van der Waals surface area (Å²) in [5, 5.41) is 9.69. The maximum Gasteiger partial charge on any atom is 0.306 e. The molecule has 0 saturated heterocycles. The molecule has 1 aliphatic heterocycles. The van der Waals surface area contributed by atoms with Gasteiger partial charge in [0.25, 0.3) is 0 Å². The lowest BCUT2D eigenvalue weighted by atomic mass is 9.92. The van der Waals surface area contributed by atoms with Crippen molar-refractivity contribution in [2.75, 3.05) is 13.7 Å². The maximum atomic E-state index is 11.7. The fraction of sp³-hybridized carbons (Fsp3) is 0.286. The molecule has 3 aromatic carbocycles. The number of esters is 1. The molecule has 0 unspecified atom stereocenters. The van der Waals surface area contributed by atoms with Crippen molar-refractivity contribution >= 4 is 5.97 Å². The van der Waals surface area contributed by atoms with Gasteiger partial charge in [-0.1, -0.05) is 42.5 Å². The van der Waals surface area contributed by atoms with E-state index in [1.807, 2.05) is 48.5 Å². The minimum Gasteiger partial charge on any atom is -0.492 e. The normalized spacial score (nSPS) is 18.1. The number of carbonyl (C=O) groups is 1.